The number of nitrogens with zero attached hydrogens (tertiary/aromatic N) is 2. The third kappa shape index (κ3) is 2.24. The lowest BCUT2D eigenvalue weighted by Gasteiger charge is -2.25. The second-order valence-electron chi connectivity index (χ2n) is 3.43. The first-order valence-electron chi connectivity index (χ1n) is 4.62. The smallest absolute Gasteiger partial charge is 0.419 e. The molecule has 0 radical (unpaired) electrons. The molecule has 88 valence electrons. The summed E-state index contributed by atoms with van der Waals surface area (Å²) < 4.78 is 47.2. The van der Waals surface area contributed by atoms with Gasteiger partial charge in [-0.3, -0.25) is 0 Å². The van der Waals surface area contributed by atoms with E-state index in [1.807, 2.05) is 0 Å². The largest absolute Gasteiger partial charge is 0.455 e. The molecular weight excluding hydrogens is 225 g/mol. The van der Waals surface area contributed by atoms with Gasteiger partial charge in [0.2, 0.25) is 0 Å². The topological polar surface area (TPSA) is 44.2 Å². The summed E-state index contributed by atoms with van der Waals surface area (Å²) in [6.45, 7) is 2.11. The lowest BCUT2D eigenvalue weighted by molar-refractivity contribution is -0.138. The summed E-state index contributed by atoms with van der Waals surface area (Å²) in [6.07, 6.45) is -3.85. The van der Waals surface area contributed by atoms with E-state index in [0.717, 1.165) is 6.20 Å². The number of alkyl halides is 3. The van der Waals surface area contributed by atoms with Crippen molar-refractivity contribution in [3.63, 3.8) is 0 Å². The van der Waals surface area contributed by atoms with Gasteiger partial charge in [-0.15, -0.1) is 0 Å². The summed E-state index contributed by atoms with van der Waals surface area (Å²) in [4.78, 5) is 7.17. The molecular formula is C9H9F3N2O2. The van der Waals surface area contributed by atoms with Gasteiger partial charge in [0.25, 0.3) is 0 Å². The third-order valence-electron chi connectivity index (χ3n) is 2.14. The molecule has 0 aliphatic carbocycles. The summed E-state index contributed by atoms with van der Waals surface area (Å²) >= 11 is 0. The van der Waals surface area contributed by atoms with Crippen molar-refractivity contribution in [2.75, 3.05) is 13.2 Å². The number of hydrogen-bond acceptors (Lipinski definition) is 4. The molecule has 1 aliphatic rings. The fraction of sp³-hybridized carbons (Fsp3) is 0.556. The maximum Gasteiger partial charge on any atom is 0.419 e. The highest BCUT2D eigenvalue weighted by molar-refractivity contribution is 5.20. The first-order chi connectivity index (χ1) is 7.47. The Kier molecular flexibility index (Phi) is 2.71. The van der Waals surface area contributed by atoms with E-state index in [0.29, 0.717) is 13.2 Å². The van der Waals surface area contributed by atoms with Crippen molar-refractivity contribution in [2.45, 2.75) is 19.2 Å². The van der Waals surface area contributed by atoms with Crippen LogP contribution in [0.5, 0.6) is 6.01 Å². The van der Waals surface area contributed by atoms with E-state index in [4.69, 9.17) is 9.47 Å². The van der Waals surface area contributed by atoms with E-state index in [9.17, 15) is 13.2 Å². The Labute approximate surface area is 89.4 Å². The van der Waals surface area contributed by atoms with Crippen LogP contribution < -0.4 is 4.74 Å². The molecule has 16 heavy (non-hydrogen) atoms. The van der Waals surface area contributed by atoms with Gasteiger partial charge in [0.1, 0.15) is 6.10 Å². The fourth-order valence-corrected chi connectivity index (χ4v) is 1.21. The SMILES string of the molecule is Cc1nc(OC2COC2)ncc1C(F)(F)F. The molecule has 1 aliphatic heterocycles. The highest BCUT2D eigenvalue weighted by Crippen LogP contribution is 2.31. The highest BCUT2D eigenvalue weighted by atomic mass is 19.4. The fourth-order valence-electron chi connectivity index (χ4n) is 1.21. The Morgan fingerprint density at radius 1 is 1.44 bits per heavy atom. The average Bonchev–Trinajstić information content (AvgIpc) is 2.09. The molecule has 0 aromatic carbocycles. The van der Waals surface area contributed by atoms with Crippen molar-refractivity contribution < 1.29 is 22.6 Å². The van der Waals surface area contributed by atoms with E-state index in [1.165, 1.54) is 6.92 Å². The number of aryl methyl sites for hydroxylation is 1. The second kappa shape index (κ2) is 3.89. The van der Waals surface area contributed by atoms with Crippen LogP contribution in [0.1, 0.15) is 11.3 Å². The van der Waals surface area contributed by atoms with Crippen LogP contribution in [-0.2, 0) is 10.9 Å². The summed E-state index contributed by atoms with van der Waals surface area (Å²) in [5, 5.41) is 0. The van der Waals surface area contributed by atoms with Crippen molar-refractivity contribution in [3.8, 4) is 6.01 Å². The van der Waals surface area contributed by atoms with Crippen LogP contribution in [-0.4, -0.2) is 29.3 Å². The Morgan fingerprint density at radius 2 is 2.12 bits per heavy atom. The summed E-state index contributed by atoms with van der Waals surface area (Å²) in [5.74, 6) is 0. The van der Waals surface area contributed by atoms with Gasteiger partial charge in [0.05, 0.1) is 24.5 Å². The zero-order valence-electron chi connectivity index (χ0n) is 8.41. The maximum atomic E-state index is 12.4. The molecule has 0 amide bonds. The van der Waals surface area contributed by atoms with Crippen LogP contribution in [0.3, 0.4) is 0 Å². The van der Waals surface area contributed by atoms with Crippen LogP contribution in [0.15, 0.2) is 6.20 Å². The van der Waals surface area contributed by atoms with Gasteiger partial charge in [-0.05, 0) is 6.92 Å². The minimum atomic E-state index is -4.43. The minimum Gasteiger partial charge on any atom is -0.455 e. The van der Waals surface area contributed by atoms with E-state index in [1.54, 1.807) is 0 Å². The van der Waals surface area contributed by atoms with E-state index < -0.39 is 11.7 Å². The number of hydrogen-bond donors (Lipinski definition) is 0. The number of rotatable bonds is 2. The van der Waals surface area contributed by atoms with E-state index >= 15 is 0 Å². The molecule has 4 nitrogen and oxygen atoms in total. The first kappa shape index (κ1) is 11.1. The molecule has 2 heterocycles. The molecule has 1 saturated heterocycles. The molecule has 0 bridgehead atoms. The zero-order valence-corrected chi connectivity index (χ0v) is 8.41. The number of ether oxygens (including phenoxy) is 2. The highest BCUT2D eigenvalue weighted by Gasteiger charge is 2.34. The lowest BCUT2D eigenvalue weighted by atomic mass is 10.2. The predicted molar refractivity (Wildman–Crippen MR) is 47.0 cm³/mol. The van der Waals surface area contributed by atoms with Crippen LogP contribution in [0.2, 0.25) is 0 Å². The Bertz CT molecular complexity index is 391. The van der Waals surface area contributed by atoms with E-state index in [-0.39, 0.29) is 17.8 Å². The maximum absolute atomic E-state index is 12.4. The van der Waals surface area contributed by atoms with Gasteiger partial charge < -0.3 is 9.47 Å². The van der Waals surface area contributed by atoms with Crippen LogP contribution in [0.4, 0.5) is 13.2 Å². The number of halogens is 3. The normalized spacial score (nSPS) is 17.0. The lowest BCUT2D eigenvalue weighted by Crippen LogP contribution is -2.39. The molecule has 0 atom stereocenters. The van der Waals surface area contributed by atoms with Crippen molar-refractivity contribution in [3.05, 3.63) is 17.5 Å². The van der Waals surface area contributed by atoms with Crippen molar-refractivity contribution in [1.82, 2.24) is 9.97 Å². The predicted octanol–water partition coefficient (Wildman–Crippen LogP) is 1.58. The average molecular weight is 234 g/mol. The second-order valence-corrected chi connectivity index (χ2v) is 3.43. The van der Waals surface area contributed by atoms with Crippen molar-refractivity contribution >= 4 is 0 Å². The molecule has 1 aromatic rings. The Balaban J connectivity index is 2.15. The quantitative estimate of drug-likeness (QED) is 0.779. The first-order valence-corrected chi connectivity index (χ1v) is 4.62. The molecule has 2 rings (SSSR count). The van der Waals surface area contributed by atoms with Gasteiger partial charge in [-0.1, -0.05) is 0 Å². The van der Waals surface area contributed by atoms with Gasteiger partial charge in [0, 0.05) is 6.20 Å². The monoisotopic (exact) mass is 234 g/mol. The van der Waals surface area contributed by atoms with Gasteiger partial charge in [0.15, 0.2) is 0 Å². The van der Waals surface area contributed by atoms with Crippen molar-refractivity contribution in [1.29, 1.82) is 0 Å². The zero-order chi connectivity index (χ0) is 11.8. The Morgan fingerprint density at radius 3 is 2.56 bits per heavy atom. The molecule has 1 aromatic heterocycles. The van der Waals surface area contributed by atoms with Gasteiger partial charge in [-0.2, -0.15) is 18.2 Å². The molecule has 1 fully saturated rings. The number of aromatic nitrogens is 2. The molecule has 0 N–H and O–H groups in total. The van der Waals surface area contributed by atoms with Crippen LogP contribution >= 0.6 is 0 Å². The van der Waals surface area contributed by atoms with Gasteiger partial charge >= 0.3 is 12.2 Å². The third-order valence-corrected chi connectivity index (χ3v) is 2.14. The standard InChI is InChI=1S/C9H9F3N2O2/c1-5-7(9(10,11)12)2-13-8(14-5)16-6-3-15-4-6/h2,6H,3-4H2,1H3. The summed E-state index contributed by atoms with van der Waals surface area (Å²) in [5.41, 5.74) is -0.984. The Hall–Kier alpha value is -1.37. The van der Waals surface area contributed by atoms with Crippen LogP contribution in [0.25, 0.3) is 0 Å². The molecule has 7 heteroatoms. The van der Waals surface area contributed by atoms with E-state index in [2.05, 4.69) is 9.97 Å². The van der Waals surface area contributed by atoms with Crippen molar-refractivity contribution in [2.24, 2.45) is 0 Å². The molecule has 0 unspecified atom stereocenters. The van der Waals surface area contributed by atoms with Crippen LogP contribution in [0, 0.1) is 6.92 Å². The summed E-state index contributed by atoms with van der Waals surface area (Å²) in [7, 11) is 0. The minimum absolute atomic E-state index is 0.0428. The molecule has 0 saturated carbocycles. The van der Waals surface area contributed by atoms with Gasteiger partial charge in [-0.25, -0.2) is 4.98 Å². The summed E-state index contributed by atoms with van der Waals surface area (Å²) in [6, 6.07) is -0.0428. The molecule has 0 spiro atoms.